The van der Waals surface area contributed by atoms with E-state index in [1.165, 1.54) is 0 Å². The summed E-state index contributed by atoms with van der Waals surface area (Å²) in [6, 6.07) is 0. The van der Waals surface area contributed by atoms with Crippen molar-refractivity contribution in [1.29, 1.82) is 0 Å². The molecule has 1 saturated carbocycles. The fourth-order valence-corrected chi connectivity index (χ4v) is 2.43. The molecule has 15 heavy (non-hydrogen) atoms. The van der Waals surface area contributed by atoms with E-state index < -0.39 is 12.8 Å². The molecule has 3 unspecified atom stereocenters. The SMILES string of the molecule is FC(F)(F)CONCC1CC2C=CC1C2. The van der Waals surface area contributed by atoms with Crippen LogP contribution in [0.5, 0.6) is 0 Å². The van der Waals surface area contributed by atoms with Crippen molar-refractivity contribution in [2.24, 2.45) is 17.8 Å². The Labute approximate surface area is 86.4 Å². The number of rotatable bonds is 4. The number of alkyl halides is 3. The molecule has 0 aliphatic heterocycles. The van der Waals surface area contributed by atoms with Crippen molar-refractivity contribution in [1.82, 2.24) is 5.48 Å². The van der Waals surface area contributed by atoms with E-state index in [0.717, 1.165) is 12.8 Å². The van der Waals surface area contributed by atoms with Crippen LogP contribution in [-0.2, 0) is 4.84 Å². The maximum absolute atomic E-state index is 11.7. The summed E-state index contributed by atoms with van der Waals surface area (Å²) in [5, 5.41) is 0. The first-order valence-electron chi connectivity index (χ1n) is 5.14. The summed E-state index contributed by atoms with van der Waals surface area (Å²) in [6.07, 6.45) is 2.36. The molecule has 0 aromatic rings. The fourth-order valence-electron chi connectivity index (χ4n) is 2.43. The predicted octanol–water partition coefficient (Wildman–Crippen LogP) is 2.28. The van der Waals surface area contributed by atoms with E-state index in [1.807, 2.05) is 0 Å². The van der Waals surface area contributed by atoms with Crippen LogP contribution in [0.15, 0.2) is 12.2 Å². The van der Waals surface area contributed by atoms with Crippen LogP contribution in [0.3, 0.4) is 0 Å². The van der Waals surface area contributed by atoms with Crippen molar-refractivity contribution in [3.05, 3.63) is 12.2 Å². The summed E-state index contributed by atoms with van der Waals surface area (Å²) in [4.78, 5) is 4.37. The maximum Gasteiger partial charge on any atom is 0.413 e. The number of hydrogen-bond donors (Lipinski definition) is 1. The average molecular weight is 221 g/mol. The summed E-state index contributed by atoms with van der Waals surface area (Å²) in [7, 11) is 0. The standard InChI is InChI=1S/C10H14F3NO/c11-10(12,13)6-15-14-5-9-4-7-1-2-8(9)3-7/h1-2,7-9,14H,3-6H2. The van der Waals surface area contributed by atoms with Gasteiger partial charge in [0.2, 0.25) is 0 Å². The van der Waals surface area contributed by atoms with Crippen LogP contribution in [-0.4, -0.2) is 19.3 Å². The monoisotopic (exact) mass is 221 g/mol. The lowest BCUT2D eigenvalue weighted by atomic mass is 9.94. The Morgan fingerprint density at radius 3 is 2.60 bits per heavy atom. The van der Waals surface area contributed by atoms with Crippen LogP contribution in [0.25, 0.3) is 0 Å². The number of allylic oxidation sites excluding steroid dienone is 2. The number of nitrogens with one attached hydrogen (secondary N) is 1. The zero-order chi connectivity index (χ0) is 10.9. The van der Waals surface area contributed by atoms with Crippen molar-refractivity contribution < 1.29 is 18.0 Å². The third kappa shape index (κ3) is 2.95. The van der Waals surface area contributed by atoms with Gasteiger partial charge in [-0.2, -0.15) is 13.2 Å². The second-order valence-corrected chi connectivity index (χ2v) is 4.29. The van der Waals surface area contributed by atoms with E-state index in [4.69, 9.17) is 0 Å². The molecule has 0 amide bonds. The Kier molecular flexibility index (Phi) is 3.02. The molecule has 0 aromatic carbocycles. The van der Waals surface area contributed by atoms with Crippen LogP contribution >= 0.6 is 0 Å². The lowest BCUT2D eigenvalue weighted by Gasteiger charge is -2.18. The van der Waals surface area contributed by atoms with Crippen molar-refractivity contribution in [2.75, 3.05) is 13.2 Å². The lowest BCUT2D eigenvalue weighted by Crippen LogP contribution is -2.30. The summed E-state index contributed by atoms with van der Waals surface area (Å²) in [5.74, 6) is 1.62. The molecule has 0 aromatic heterocycles. The highest BCUT2D eigenvalue weighted by Gasteiger charge is 2.35. The molecular weight excluding hydrogens is 207 g/mol. The van der Waals surface area contributed by atoms with E-state index in [9.17, 15) is 13.2 Å². The normalized spacial score (nSPS) is 33.9. The topological polar surface area (TPSA) is 21.3 Å². The number of hydrogen-bond acceptors (Lipinski definition) is 2. The van der Waals surface area contributed by atoms with Gasteiger partial charge in [-0.05, 0) is 30.6 Å². The second-order valence-electron chi connectivity index (χ2n) is 4.29. The zero-order valence-corrected chi connectivity index (χ0v) is 8.26. The van der Waals surface area contributed by atoms with Gasteiger partial charge in [0.25, 0.3) is 0 Å². The van der Waals surface area contributed by atoms with E-state index in [1.54, 1.807) is 0 Å². The van der Waals surface area contributed by atoms with Crippen molar-refractivity contribution in [2.45, 2.75) is 19.0 Å². The molecule has 86 valence electrons. The molecular formula is C10H14F3NO. The Balaban J connectivity index is 1.61. The summed E-state index contributed by atoms with van der Waals surface area (Å²) in [5.41, 5.74) is 2.41. The predicted molar refractivity (Wildman–Crippen MR) is 48.9 cm³/mol. The highest BCUT2D eigenvalue weighted by molar-refractivity contribution is 5.10. The second kappa shape index (κ2) is 4.14. The molecule has 2 nitrogen and oxygen atoms in total. The number of fused-ring (bicyclic) bond motifs is 2. The van der Waals surface area contributed by atoms with Gasteiger partial charge in [-0.1, -0.05) is 12.2 Å². The number of hydroxylamine groups is 1. The average Bonchev–Trinajstić information content (AvgIpc) is 2.71. The van der Waals surface area contributed by atoms with Crippen LogP contribution in [0.4, 0.5) is 13.2 Å². The molecule has 2 aliphatic rings. The molecule has 3 atom stereocenters. The number of halogens is 3. The van der Waals surface area contributed by atoms with Gasteiger partial charge in [-0.15, -0.1) is 0 Å². The van der Waals surface area contributed by atoms with Gasteiger partial charge in [-0.25, -0.2) is 5.48 Å². The molecule has 2 rings (SSSR count). The highest BCUT2D eigenvalue weighted by Crippen LogP contribution is 2.42. The van der Waals surface area contributed by atoms with Gasteiger partial charge < -0.3 is 0 Å². The van der Waals surface area contributed by atoms with Gasteiger partial charge >= 0.3 is 6.18 Å². The Bertz CT molecular complexity index is 252. The Morgan fingerprint density at radius 2 is 2.07 bits per heavy atom. The van der Waals surface area contributed by atoms with Crippen LogP contribution < -0.4 is 5.48 Å². The van der Waals surface area contributed by atoms with Crippen LogP contribution in [0.2, 0.25) is 0 Å². The molecule has 0 spiro atoms. The van der Waals surface area contributed by atoms with Gasteiger partial charge in [0.15, 0.2) is 6.61 Å². The molecule has 1 N–H and O–H groups in total. The van der Waals surface area contributed by atoms with Crippen molar-refractivity contribution in [3.63, 3.8) is 0 Å². The minimum atomic E-state index is -4.25. The van der Waals surface area contributed by atoms with E-state index in [2.05, 4.69) is 22.5 Å². The third-order valence-corrected chi connectivity index (χ3v) is 3.10. The molecule has 0 saturated heterocycles. The first-order valence-corrected chi connectivity index (χ1v) is 5.14. The highest BCUT2D eigenvalue weighted by atomic mass is 19.4. The van der Waals surface area contributed by atoms with Crippen molar-refractivity contribution in [3.8, 4) is 0 Å². The van der Waals surface area contributed by atoms with E-state index in [-0.39, 0.29) is 0 Å². The van der Waals surface area contributed by atoms with Gasteiger partial charge in [0, 0.05) is 6.54 Å². The molecule has 2 bridgehead atoms. The molecule has 0 radical (unpaired) electrons. The van der Waals surface area contributed by atoms with Gasteiger partial charge in [0.05, 0.1) is 0 Å². The van der Waals surface area contributed by atoms with Crippen molar-refractivity contribution >= 4 is 0 Å². The molecule has 5 heteroatoms. The first kappa shape index (κ1) is 11.0. The largest absolute Gasteiger partial charge is 0.413 e. The van der Waals surface area contributed by atoms with E-state index in [0.29, 0.717) is 24.3 Å². The molecule has 0 heterocycles. The molecule has 1 fully saturated rings. The van der Waals surface area contributed by atoms with Crippen LogP contribution in [0.1, 0.15) is 12.8 Å². The maximum atomic E-state index is 11.7. The molecule has 2 aliphatic carbocycles. The minimum absolute atomic E-state index is 0.438. The summed E-state index contributed by atoms with van der Waals surface area (Å²) < 4.78 is 35.2. The van der Waals surface area contributed by atoms with E-state index >= 15 is 0 Å². The zero-order valence-electron chi connectivity index (χ0n) is 8.26. The van der Waals surface area contributed by atoms with Gasteiger partial charge in [0.1, 0.15) is 0 Å². The minimum Gasteiger partial charge on any atom is -0.292 e. The summed E-state index contributed by atoms with van der Waals surface area (Å²) in [6.45, 7) is -0.703. The van der Waals surface area contributed by atoms with Crippen LogP contribution in [0, 0.1) is 17.8 Å². The Morgan fingerprint density at radius 1 is 1.27 bits per heavy atom. The quantitative estimate of drug-likeness (QED) is 0.446. The summed E-state index contributed by atoms with van der Waals surface area (Å²) >= 11 is 0. The first-order chi connectivity index (χ1) is 7.04. The third-order valence-electron chi connectivity index (χ3n) is 3.10. The smallest absolute Gasteiger partial charge is 0.292 e. The fraction of sp³-hybridized carbons (Fsp3) is 0.800. The van der Waals surface area contributed by atoms with Gasteiger partial charge in [-0.3, -0.25) is 4.84 Å². The lowest BCUT2D eigenvalue weighted by molar-refractivity contribution is -0.190. The Hall–Kier alpha value is -0.550.